The number of amides is 1. The lowest BCUT2D eigenvalue weighted by Gasteiger charge is -2.20. The van der Waals surface area contributed by atoms with Crippen LogP contribution in [0.25, 0.3) is 10.2 Å². The minimum Gasteiger partial charge on any atom is -0.309 e. The van der Waals surface area contributed by atoms with Gasteiger partial charge in [0.15, 0.2) is 5.13 Å². The summed E-state index contributed by atoms with van der Waals surface area (Å²) in [6.45, 7) is 3.44. The molecule has 1 aromatic carbocycles. The van der Waals surface area contributed by atoms with Crippen LogP contribution in [-0.4, -0.2) is 52.8 Å². The van der Waals surface area contributed by atoms with Gasteiger partial charge in [0.05, 0.1) is 15.9 Å². The Hall–Kier alpha value is -2.25. The number of hydrogen-bond acceptors (Lipinski definition) is 5. The number of carbonyl (C=O) groups excluding carboxylic acids is 1. The summed E-state index contributed by atoms with van der Waals surface area (Å²) >= 11 is 1.55. The minimum absolute atomic E-state index is 0.0547. The Kier molecular flexibility index (Phi) is 5.15. The fraction of sp³-hybridized carbons (Fsp3) is 0.389. The predicted molar refractivity (Wildman–Crippen MR) is 102 cm³/mol. The van der Waals surface area contributed by atoms with E-state index < -0.39 is 0 Å². The van der Waals surface area contributed by atoms with E-state index in [-0.39, 0.29) is 5.91 Å². The van der Waals surface area contributed by atoms with Crippen LogP contribution in [0.1, 0.15) is 22.6 Å². The third-order valence-corrected chi connectivity index (χ3v) is 5.03. The zero-order valence-electron chi connectivity index (χ0n) is 15.1. The van der Waals surface area contributed by atoms with Gasteiger partial charge < -0.3 is 4.90 Å². The summed E-state index contributed by atoms with van der Waals surface area (Å²) < 4.78 is 2.73. The molecule has 0 atom stereocenters. The van der Waals surface area contributed by atoms with Crippen molar-refractivity contribution in [2.75, 3.05) is 32.1 Å². The quantitative estimate of drug-likeness (QED) is 0.681. The number of aryl methyl sites for hydroxylation is 2. The molecule has 6 nitrogen and oxygen atoms in total. The molecule has 7 heteroatoms. The smallest absolute Gasteiger partial charge is 0.278 e. The average Bonchev–Trinajstić information content (AvgIpc) is 3.13. The van der Waals surface area contributed by atoms with Gasteiger partial charge in [-0.2, -0.15) is 5.10 Å². The maximum atomic E-state index is 13.2. The van der Waals surface area contributed by atoms with Gasteiger partial charge in [-0.25, -0.2) is 4.98 Å². The molecule has 0 saturated carbocycles. The van der Waals surface area contributed by atoms with Crippen LogP contribution in [0.2, 0.25) is 0 Å². The van der Waals surface area contributed by atoms with Crippen molar-refractivity contribution in [2.45, 2.75) is 13.3 Å². The monoisotopic (exact) mass is 357 g/mol. The van der Waals surface area contributed by atoms with Gasteiger partial charge in [0, 0.05) is 13.6 Å². The Bertz CT molecular complexity index is 850. The molecule has 3 aromatic rings. The molecule has 0 bridgehead atoms. The first-order valence-electron chi connectivity index (χ1n) is 8.28. The summed E-state index contributed by atoms with van der Waals surface area (Å²) in [5.74, 6) is -0.0547. The number of benzene rings is 1. The summed E-state index contributed by atoms with van der Waals surface area (Å²) in [5, 5.41) is 5.04. The van der Waals surface area contributed by atoms with Gasteiger partial charge in [-0.1, -0.05) is 23.5 Å². The molecule has 0 saturated heterocycles. The summed E-state index contributed by atoms with van der Waals surface area (Å²) in [6, 6.07) is 9.80. The number of para-hydroxylation sites is 1. The average molecular weight is 357 g/mol. The van der Waals surface area contributed by atoms with Gasteiger partial charge in [-0.15, -0.1) is 0 Å². The van der Waals surface area contributed by atoms with Crippen molar-refractivity contribution in [3.63, 3.8) is 0 Å². The molecule has 0 fully saturated rings. The van der Waals surface area contributed by atoms with Crippen molar-refractivity contribution in [1.82, 2.24) is 19.7 Å². The van der Waals surface area contributed by atoms with E-state index in [2.05, 4.69) is 15.0 Å². The molecule has 0 spiro atoms. The second-order valence-corrected chi connectivity index (χ2v) is 7.38. The van der Waals surface area contributed by atoms with Gasteiger partial charge in [0.1, 0.15) is 5.69 Å². The van der Waals surface area contributed by atoms with Crippen molar-refractivity contribution in [2.24, 2.45) is 7.05 Å². The maximum absolute atomic E-state index is 13.2. The highest BCUT2D eigenvalue weighted by Crippen LogP contribution is 2.29. The number of nitrogens with zero attached hydrogens (tertiary/aromatic N) is 5. The number of rotatable bonds is 6. The van der Waals surface area contributed by atoms with Crippen molar-refractivity contribution < 1.29 is 4.79 Å². The minimum atomic E-state index is -0.0547. The number of anilines is 1. The van der Waals surface area contributed by atoms with E-state index in [1.165, 1.54) is 0 Å². The van der Waals surface area contributed by atoms with Crippen LogP contribution in [0.15, 0.2) is 30.3 Å². The Morgan fingerprint density at radius 3 is 2.64 bits per heavy atom. The molecule has 0 aliphatic carbocycles. The highest BCUT2D eigenvalue weighted by molar-refractivity contribution is 7.22. The van der Waals surface area contributed by atoms with Gasteiger partial charge >= 0.3 is 0 Å². The van der Waals surface area contributed by atoms with Crippen LogP contribution in [0.4, 0.5) is 5.13 Å². The molecule has 0 aliphatic heterocycles. The zero-order valence-corrected chi connectivity index (χ0v) is 15.9. The Morgan fingerprint density at radius 2 is 2.00 bits per heavy atom. The molecule has 1 amide bonds. The molecule has 132 valence electrons. The van der Waals surface area contributed by atoms with Crippen molar-refractivity contribution in [3.05, 3.63) is 41.7 Å². The molecule has 0 unspecified atom stereocenters. The van der Waals surface area contributed by atoms with Crippen LogP contribution in [-0.2, 0) is 7.05 Å². The summed E-state index contributed by atoms with van der Waals surface area (Å²) in [7, 11) is 5.87. The zero-order chi connectivity index (χ0) is 18.0. The lowest BCUT2D eigenvalue weighted by molar-refractivity contribution is 0.0977. The first-order valence-corrected chi connectivity index (χ1v) is 9.10. The lowest BCUT2D eigenvalue weighted by Crippen LogP contribution is -2.34. The number of hydrogen-bond donors (Lipinski definition) is 0. The normalized spacial score (nSPS) is 11.4. The number of thiazole rings is 1. The third-order valence-electron chi connectivity index (χ3n) is 3.97. The second-order valence-electron chi connectivity index (χ2n) is 6.37. The van der Waals surface area contributed by atoms with E-state index in [4.69, 9.17) is 0 Å². The van der Waals surface area contributed by atoms with Crippen LogP contribution in [0, 0.1) is 6.92 Å². The van der Waals surface area contributed by atoms with E-state index in [9.17, 15) is 4.79 Å². The van der Waals surface area contributed by atoms with Gasteiger partial charge in [-0.3, -0.25) is 14.4 Å². The van der Waals surface area contributed by atoms with E-state index in [1.54, 1.807) is 28.0 Å². The van der Waals surface area contributed by atoms with Crippen LogP contribution in [0.5, 0.6) is 0 Å². The molecule has 25 heavy (non-hydrogen) atoms. The summed E-state index contributed by atoms with van der Waals surface area (Å²) in [5.41, 5.74) is 2.35. The van der Waals surface area contributed by atoms with E-state index in [1.807, 2.05) is 51.4 Å². The van der Waals surface area contributed by atoms with Gasteiger partial charge in [-0.05, 0) is 52.2 Å². The Balaban J connectivity index is 1.93. The van der Waals surface area contributed by atoms with Gasteiger partial charge in [0.2, 0.25) is 0 Å². The molecular weight excluding hydrogens is 334 g/mol. The number of carbonyl (C=O) groups is 1. The van der Waals surface area contributed by atoms with Crippen LogP contribution in [0.3, 0.4) is 0 Å². The van der Waals surface area contributed by atoms with E-state index in [0.29, 0.717) is 12.2 Å². The Labute approximate surface area is 151 Å². The molecule has 2 aromatic heterocycles. The van der Waals surface area contributed by atoms with E-state index in [0.717, 1.165) is 34.0 Å². The number of aromatic nitrogens is 3. The molecule has 3 rings (SSSR count). The van der Waals surface area contributed by atoms with E-state index >= 15 is 0 Å². The Morgan fingerprint density at radius 1 is 1.24 bits per heavy atom. The third kappa shape index (κ3) is 3.88. The fourth-order valence-electron chi connectivity index (χ4n) is 2.75. The molecule has 2 heterocycles. The predicted octanol–water partition coefficient (Wildman–Crippen LogP) is 2.94. The van der Waals surface area contributed by atoms with Crippen molar-refractivity contribution in [3.8, 4) is 0 Å². The van der Waals surface area contributed by atoms with Gasteiger partial charge in [0.25, 0.3) is 5.91 Å². The first kappa shape index (κ1) is 17.6. The highest BCUT2D eigenvalue weighted by atomic mass is 32.1. The SMILES string of the molecule is Cc1cc(C(=O)N(CCCN(C)C)c2nc3ccccc3s2)n(C)n1. The van der Waals surface area contributed by atoms with Crippen LogP contribution >= 0.6 is 11.3 Å². The van der Waals surface area contributed by atoms with Crippen molar-refractivity contribution in [1.29, 1.82) is 0 Å². The summed E-state index contributed by atoms with van der Waals surface area (Å²) in [4.78, 5) is 21.7. The van der Waals surface area contributed by atoms with Crippen molar-refractivity contribution >= 4 is 32.6 Å². The fourth-order valence-corrected chi connectivity index (χ4v) is 3.74. The first-order chi connectivity index (χ1) is 12.0. The molecular formula is C18H23N5OS. The van der Waals surface area contributed by atoms with Crippen LogP contribution < -0.4 is 4.90 Å². The number of fused-ring (bicyclic) bond motifs is 1. The molecule has 0 N–H and O–H groups in total. The topological polar surface area (TPSA) is 54.3 Å². The molecule has 0 radical (unpaired) electrons. The molecule has 0 aliphatic rings. The summed E-state index contributed by atoms with van der Waals surface area (Å²) in [6.07, 6.45) is 0.880. The largest absolute Gasteiger partial charge is 0.309 e. The second kappa shape index (κ2) is 7.33. The highest BCUT2D eigenvalue weighted by Gasteiger charge is 2.23. The maximum Gasteiger partial charge on any atom is 0.278 e. The lowest BCUT2D eigenvalue weighted by atomic mass is 10.3. The standard InChI is InChI=1S/C18H23N5OS/c1-13-12-15(22(4)20-13)17(24)23(11-7-10-21(2)3)18-19-14-8-5-6-9-16(14)25-18/h5-6,8-9,12H,7,10-11H2,1-4H3.